The van der Waals surface area contributed by atoms with E-state index in [1.54, 1.807) is 0 Å². The predicted octanol–water partition coefficient (Wildman–Crippen LogP) is 3.94. The van der Waals surface area contributed by atoms with Gasteiger partial charge in [0, 0.05) is 5.54 Å². The maximum Gasteiger partial charge on any atom is 0.0880 e. The van der Waals surface area contributed by atoms with Gasteiger partial charge in [-0.1, -0.05) is 30.7 Å². The molecule has 0 aromatic heterocycles. The highest BCUT2D eigenvalue weighted by Gasteiger charge is 2.26. The van der Waals surface area contributed by atoms with Crippen molar-refractivity contribution in [2.75, 3.05) is 6.54 Å². The largest absolute Gasteiger partial charge is 0.385 e. The Morgan fingerprint density at radius 2 is 1.90 bits per heavy atom. The van der Waals surface area contributed by atoms with E-state index < -0.39 is 5.60 Å². The van der Waals surface area contributed by atoms with Crippen molar-refractivity contribution in [1.82, 2.24) is 5.32 Å². The van der Waals surface area contributed by atoms with Crippen LogP contribution >= 0.6 is 0 Å². The molecule has 20 heavy (non-hydrogen) atoms. The molecule has 1 unspecified atom stereocenters. The average Bonchev–Trinajstić information content (AvgIpc) is 2.25. The lowest BCUT2D eigenvalue weighted by atomic mass is 9.78. The molecule has 2 rings (SSSR count). The van der Waals surface area contributed by atoms with E-state index in [0.717, 1.165) is 24.4 Å². The zero-order valence-electron chi connectivity index (χ0n) is 13.4. The lowest BCUT2D eigenvalue weighted by molar-refractivity contribution is 0.0462. The average molecular weight is 275 g/mol. The van der Waals surface area contributed by atoms with Gasteiger partial charge in [-0.15, -0.1) is 0 Å². The molecule has 1 fully saturated rings. The van der Waals surface area contributed by atoms with Gasteiger partial charge in [0.05, 0.1) is 5.60 Å². The Hall–Kier alpha value is -0.860. The van der Waals surface area contributed by atoms with Gasteiger partial charge in [-0.2, -0.15) is 0 Å². The summed E-state index contributed by atoms with van der Waals surface area (Å²) in [5.74, 6) is 0.721. The minimum atomic E-state index is -0.752. The van der Waals surface area contributed by atoms with Crippen molar-refractivity contribution in [3.8, 4) is 0 Å². The number of hydrogen-bond acceptors (Lipinski definition) is 2. The lowest BCUT2D eigenvalue weighted by Gasteiger charge is -2.30. The van der Waals surface area contributed by atoms with Gasteiger partial charge < -0.3 is 10.4 Å². The maximum absolute atomic E-state index is 10.7. The smallest absolute Gasteiger partial charge is 0.0880 e. The molecule has 1 aliphatic carbocycles. The molecule has 2 nitrogen and oxygen atoms in total. The van der Waals surface area contributed by atoms with Crippen LogP contribution in [0.4, 0.5) is 0 Å². The van der Waals surface area contributed by atoms with Crippen molar-refractivity contribution in [2.45, 2.75) is 70.4 Å². The highest BCUT2D eigenvalue weighted by atomic mass is 16.3. The summed E-state index contributed by atoms with van der Waals surface area (Å²) >= 11 is 0. The molecule has 1 saturated carbocycles. The first-order chi connectivity index (χ1) is 9.28. The Bertz CT molecular complexity index is 441. The van der Waals surface area contributed by atoms with Crippen LogP contribution in [-0.2, 0) is 5.60 Å². The monoisotopic (exact) mass is 275 g/mol. The first kappa shape index (κ1) is 15.5. The zero-order chi connectivity index (χ0) is 14.8. The van der Waals surface area contributed by atoms with Crippen LogP contribution in [0.15, 0.2) is 24.3 Å². The summed E-state index contributed by atoms with van der Waals surface area (Å²) in [5.41, 5.74) is 1.80. The summed E-state index contributed by atoms with van der Waals surface area (Å²) in [6, 6.07) is 8.56. The van der Waals surface area contributed by atoms with Crippen LogP contribution in [0.3, 0.4) is 0 Å². The Balaban J connectivity index is 2.00. The molecule has 0 heterocycles. The van der Waals surface area contributed by atoms with Crippen molar-refractivity contribution >= 4 is 0 Å². The van der Waals surface area contributed by atoms with Crippen molar-refractivity contribution < 1.29 is 5.11 Å². The Morgan fingerprint density at radius 3 is 2.45 bits per heavy atom. The molecule has 0 amide bonds. The quantitative estimate of drug-likeness (QED) is 0.853. The molecule has 0 spiro atoms. The highest BCUT2D eigenvalue weighted by molar-refractivity contribution is 5.31. The van der Waals surface area contributed by atoms with Crippen LogP contribution in [0, 0.1) is 0 Å². The first-order valence-electron chi connectivity index (χ1n) is 7.86. The fraction of sp³-hybridized carbons (Fsp3) is 0.667. The molecular weight excluding hydrogens is 246 g/mol. The Labute approximate surface area is 123 Å². The van der Waals surface area contributed by atoms with E-state index in [4.69, 9.17) is 0 Å². The fourth-order valence-electron chi connectivity index (χ4n) is 2.69. The molecule has 0 radical (unpaired) electrons. The van der Waals surface area contributed by atoms with Gasteiger partial charge in [-0.05, 0) is 70.5 Å². The second-order valence-corrected chi connectivity index (χ2v) is 7.45. The van der Waals surface area contributed by atoms with E-state index in [1.165, 1.54) is 24.8 Å². The SMILES string of the molecule is CC(C)(C)NCCC(C)(O)c1cccc(C2CCC2)c1. The van der Waals surface area contributed by atoms with E-state index in [2.05, 4.69) is 50.4 Å². The zero-order valence-corrected chi connectivity index (χ0v) is 13.4. The van der Waals surface area contributed by atoms with Crippen LogP contribution in [0.1, 0.15) is 70.4 Å². The maximum atomic E-state index is 10.7. The van der Waals surface area contributed by atoms with Gasteiger partial charge in [0.2, 0.25) is 0 Å². The van der Waals surface area contributed by atoms with Crippen molar-refractivity contribution in [1.29, 1.82) is 0 Å². The molecule has 2 N–H and O–H groups in total. The van der Waals surface area contributed by atoms with E-state index in [1.807, 2.05) is 6.92 Å². The summed E-state index contributed by atoms with van der Waals surface area (Å²) in [7, 11) is 0. The van der Waals surface area contributed by atoms with Crippen molar-refractivity contribution in [2.24, 2.45) is 0 Å². The molecule has 1 aromatic rings. The second kappa shape index (κ2) is 5.87. The number of hydrogen-bond donors (Lipinski definition) is 2. The highest BCUT2D eigenvalue weighted by Crippen LogP contribution is 2.37. The van der Waals surface area contributed by atoms with Crippen LogP contribution in [-0.4, -0.2) is 17.2 Å². The molecule has 2 heteroatoms. The summed E-state index contributed by atoms with van der Waals surface area (Å²) in [6.07, 6.45) is 4.69. The van der Waals surface area contributed by atoms with Gasteiger partial charge in [0.15, 0.2) is 0 Å². The van der Waals surface area contributed by atoms with E-state index in [-0.39, 0.29) is 5.54 Å². The normalized spacial score (nSPS) is 19.4. The standard InChI is InChI=1S/C18H29NO/c1-17(2,3)19-12-11-18(4,20)16-10-6-9-15(13-16)14-7-5-8-14/h6,9-10,13-14,19-20H,5,7-8,11-12H2,1-4H3. The summed E-state index contributed by atoms with van der Waals surface area (Å²) in [5, 5.41) is 14.2. The number of aliphatic hydroxyl groups is 1. The molecule has 0 bridgehead atoms. The van der Waals surface area contributed by atoms with Crippen molar-refractivity contribution in [3.05, 3.63) is 35.4 Å². The van der Waals surface area contributed by atoms with Crippen LogP contribution < -0.4 is 5.32 Å². The fourth-order valence-corrected chi connectivity index (χ4v) is 2.69. The summed E-state index contributed by atoms with van der Waals surface area (Å²) in [6.45, 7) is 9.21. The topological polar surface area (TPSA) is 32.3 Å². The number of benzene rings is 1. The van der Waals surface area contributed by atoms with Gasteiger partial charge in [-0.3, -0.25) is 0 Å². The minimum absolute atomic E-state index is 0.101. The number of rotatable bonds is 5. The third-order valence-electron chi connectivity index (χ3n) is 4.35. The van der Waals surface area contributed by atoms with Gasteiger partial charge >= 0.3 is 0 Å². The number of nitrogens with one attached hydrogen (secondary N) is 1. The molecule has 112 valence electrons. The van der Waals surface area contributed by atoms with Gasteiger partial charge in [0.1, 0.15) is 0 Å². The molecule has 1 aromatic carbocycles. The molecular formula is C18H29NO. The summed E-state index contributed by atoms with van der Waals surface area (Å²) in [4.78, 5) is 0. The first-order valence-corrected chi connectivity index (χ1v) is 7.86. The third-order valence-corrected chi connectivity index (χ3v) is 4.35. The predicted molar refractivity (Wildman–Crippen MR) is 85.0 cm³/mol. The van der Waals surface area contributed by atoms with Crippen LogP contribution in [0.5, 0.6) is 0 Å². The van der Waals surface area contributed by atoms with Crippen molar-refractivity contribution in [3.63, 3.8) is 0 Å². The van der Waals surface area contributed by atoms with E-state index in [0.29, 0.717) is 0 Å². The van der Waals surface area contributed by atoms with E-state index in [9.17, 15) is 5.11 Å². The Kier molecular flexibility index (Phi) is 4.55. The van der Waals surface area contributed by atoms with Crippen LogP contribution in [0.2, 0.25) is 0 Å². The Morgan fingerprint density at radius 1 is 1.20 bits per heavy atom. The molecule has 0 saturated heterocycles. The molecule has 0 aliphatic heterocycles. The van der Waals surface area contributed by atoms with Gasteiger partial charge in [-0.25, -0.2) is 0 Å². The van der Waals surface area contributed by atoms with Gasteiger partial charge in [0.25, 0.3) is 0 Å². The molecule has 1 atom stereocenters. The third kappa shape index (κ3) is 4.07. The van der Waals surface area contributed by atoms with E-state index >= 15 is 0 Å². The van der Waals surface area contributed by atoms with Crippen LogP contribution in [0.25, 0.3) is 0 Å². The minimum Gasteiger partial charge on any atom is -0.385 e. The second-order valence-electron chi connectivity index (χ2n) is 7.45. The molecule has 1 aliphatic rings. The lowest BCUT2D eigenvalue weighted by Crippen LogP contribution is -2.39. The summed E-state index contributed by atoms with van der Waals surface area (Å²) < 4.78 is 0.